The van der Waals surface area contributed by atoms with Gasteiger partial charge in [0.15, 0.2) is 0 Å². The van der Waals surface area contributed by atoms with E-state index in [1.165, 1.54) is 28.6 Å². The summed E-state index contributed by atoms with van der Waals surface area (Å²) in [6.45, 7) is 2.04. The van der Waals surface area contributed by atoms with Crippen molar-refractivity contribution < 1.29 is 0 Å². The van der Waals surface area contributed by atoms with Gasteiger partial charge in [-0.2, -0.15) is 0 Å². The van der Waals surface area contributed by atoms with E-state index in [0.717, 1.165) is 24.5 Å². The molecule has 0 saturated heterocycles. The van der Waals surface area contributed by atoms with E-state index in [1.807, 2.05) is 6.07 Å². The Morgan fingerprint density at radius 1 is 1.13 bits per heavy atom. The molecular formula is C20H21ClN2. The fraction of sp³-hybridized carbons (Fsp3) is 0.300. The van der Waals surface area contributed by atoms with Crippen LogP contribution in [0.5, 0.6) is 0 Å². The van der Waals surface area contributed by atoms with E-state index < -0.39 is 0 Å². The molecule has 1 aliphatic rings. The summed E-state index contributed by atoms with van der Waals surface area (Å²) in [5.41, 5.74) is 4.08. The highest BCUT2D eigenvalue weighted by Crippen LogP contribution is 2.29. The van der Waals surface area contributed by atoms with Crippen LogP contribution in [0.25, 0.3) is 10.9 Å². The van der Waals surface area contributed by atoms with E-state index in [-0.39, 0.29) is 0 Å². The zero-order valence-corrected chi connectivity index (χ0v) is 14.1. The van der Waals surface area contributed by atoms with Gasteiger partial charge in [-0.15, -0.1) is 0 Å². The lowest BCUT2D eigenvalue weighted by molar-refractivity contribution is 0.188. The lowest BCUT2D eigenvalue weighted by Crippen LogP contribution is -2.38. The van der Waals surface area contributed by atoms with Crippen LogP contribution in [0.1, 0.15) is 17.7 Å². The average molecular weight is 325 g/mol. The average Bonchev–Trinajstić information content (AvgIpc) is 2.93. The van der Waals surface area contributed by atoms with Crippen LogP contribution in [0, 0.1) is 0 Å². The van der Waals surface area contributed by atoms with Crippen molar-refractivity contribution >= 4 is 22.5 Å². The number of halogens is 1. The Hall–Kier alpha value is -1.77. The predicted molar refractivity (Wildman–Crippen MR) is 97.0 cm³/mol. The fourth-order valence-electron chi connectivity index (χ4n) is 3.68. The molecule has 1 aromatic heterocycles. The Kier molecular flexibility index (Phi) is 3.88. The number of hydrogen-bond donors (Lipinski definition) is 0. The molecule has 0 fully saturated rings. The molecule has 0 aliphatic carbocycles. The number of benzene rings is 2. The Morgan fingerprint density at radius 2 is 1.96 bits per heavy atom. The highest BCUT2D eigenvalue weighted by Gasteiger charge is 2.23. The Morgan fingerprint density at radius 3 is 2.78 bits per heavy atom. The topological polar surface area (TPSA) is 8.17 Å². The summed E-state index contributed by atoms with van der Waals surface area (Å²) in [5, 5.41) is 2.12. The predicted octanol–water partition coefficient (Wildman–Crippen LogP) is 4.74. The Labute approximate surface area is 142 Å². The first-order valence-corrected chi connectivity index (χ1v) is 8.60. The number of hydrogen-bond acceptors (Lipinski definition) is 1. The quantitative estimate of drug-likeness (QED) is 0.675. The third-order valence-corrected chi connectivity index (χ3v) is 5.21. The van der Waals surface area contributed by atoms with E-state index in [4.69, 9.17) is 11.6 Å². The van der Waals surface area contributed by atoms with Crippen LogP contribution in [0.4, 0.5) is 0 Å². The van der Waals surface area contributed by atoms with Crippen molar-refractivity contribution in [1.29, 1.82) is 0 Å². The Balaban J connectivity index is 1.58. The molecular weight excluding hydrogens is 304 g/mol. The van der Waals surface area contributed by atoms with Crippen molar-refractivity contribution in [1.82, 2.24) is 9.47 Å². The van der Waals surface area contributed by atoms with Gasteiger partial charge in [-0.05, 0) is 49.0 Å². The maximum Gasteiger partial charge on any atom is 0.0497 e. The maximum atomic E-state index is 6.20. The summed E-state index contributed by atoms with van der Waals surface area (Å²) < 4.78 is 2.46. The molecule has 0 N–H and O–H groups in total. The van der Waals surface area contributed by atoms with Gasteiger partial charge in [-0.1, -0.05) is 48.0 Å². The number of likely N-dealkylation sites (N-methyl/N-ethyl adjacent to an activating group) is 1. The van der Waals surface area contributed by atoms with Crippen LogP contribution >= 0.6 is 11.6 Å². The fourth-order valence-corrected chi connectivity index (χ4v) is 3.85. The van der Waals surface area contributed by atoms with Gasteiger partial charge < -0.3 is 4.57 Å². The first-order valence-electron chi connectivity index (χ1n) is 8.22. The molecule has 0 spiro atoms. The lowest BCUT2D eigenvalue weighted by atomic mass is 10.0. The third-order valence-electron chi connectivity index (χ3n) is 4.98. The molecule has 0 radical (unpaired) electrons. The molecule has 4 rings (SSSR count). The zero-order chi connectivity index (χ0) is 15.8. The molecule has 1 atom stereocenters. The number of aromatic nitrogens is 1. The van der Waals surface area contributed by atoms with Crippen molar-refractivity contribution in [3.63, 3.8) is 0 Å². The second-order valence-corrected chi connectivity index (χ2v) is 6.98. The van der Waals surface area contributed by atoms with E-state index in [1.54, 1.807) is 0 Å². The Bertz CT molecular complexity index is 822. The van der Waals surface area contributed by atoms with Gasteiger partial charge in [-0.25, -0.2) is 0 Å². The summed E-state index contributed by atoms with van der Waals surface area (Å²) in [7, 11) is 2.24. The van der Waals surface area contributed by atoms with Crippen LogP contribution in [0.2, 0.25) is 5.02 Å². The molecule has 2 heterocycles. The van der Waals surface area contributed by atoms with Crippen LogP contribution < -0.4 is 0 Å². The number of rotatable bonds is 3. The monoisotopic (exact) mass is 324 g/mol. The van der Waals surface area contributed by atoms with Crippen molar-refractivity contribution in [3.05, 3.63) is 70.9 Å². The highest BCUT2D eigenvalue weighted by atomic mass is 35.5. The minimum atomic E-state index is 0.567. The molecule has 23 heavy (non-hydrogen) atoms. The lowest BCUT2D eigenvalue weighted by Gasteiger charge is -2.33. The first-order chi connectivity index (χ1) is 11.2. The molecule has 0 amide bonds. The van der Waals surface area contributed by atoms with E-state index in [9.17, 15) is 0 Å². The number of aryl methyl sites for hydroxylation is 1. The van der Waals surface area contributed by atoms with Crippen molar-refractivity contribution in [2.75, 3.05) is 7.05 Å². The molecule has 0 saturated carbocycles. The van der Waals surface area contributed by atoms with Crippen LogP contribution in [-0.2, 0) is 19.5 Å². The normalized spacial score (nSPS) is 17.6. The van der Waals surface area contributed by atoms with Crippen molar-refractivity contribution in [3.8, 4) is 0 Å². The number of fused-ring (bicyclic) bond motifs is 3. The van der Waals surface area contributed by atoms with Gasteiger partial charge in [0.25, 0.3) is 0 Å². The van der Waals surface area contributed by atoms with Gasteiger partial charge in [0.2, 0.25) is 0 Å². The van der Waals surface area contributed by atoms with Crippen molar-refractivity contribution in [2.24, 2.45) is 0 Å². The van der Waals surface area contributed by atoms with Gasteiger partial charge in [0.05, 0.1) is 0 Å². The van der Waals surface area contributed by atoms with E-state index in [2.05, 4.69) is 65.0 Å². The van der Waals surface area contributed by atoms with Gasteiger partial charge >= 0.3 is 0 Å². The minimum absolute atomic E-state index is 0.567. The second kappa shape index (κ2) is 6.03. The van der Waals surface area contributed by atoms with E-state index >= 15 is 0 Å². The molecule has 3 aromatic rings. The summed E-state index contributed by atoms with van der Waals surface area (Å²) in [5.74, 6) is 0. The minimum Gasteiger partial charge on any atom is -0.343 e. The smallest absolute Gasteiger partial charge is 0.0497 e. The standard InChI is InChI=1S/C20H21ClN2/c1-22(13-15-5-3-2-4-6-15)19-10-9-18-11-16-7-8-17(21)12-20(16)23(18)14-19/h2-8,11-12,19H,9-10,13-14H2,1H3/t19-/m1/s1. The summed E-state index contributed by atoms with van der Waals surface area (Å²) in [4.78, 5) is 2.48. The molecule has 1 aliphatic heterocycles. The third kappa shape index (κ3) is 2.89. The maximum absolute atomic E-state index is 6.20. The summed E-state index contributed by atoms with van der Waals surface area (Å²) in [6, 6.07) is 19.8. The van der Waals surface area contributed by atoms with Gasteiger partial charge in [0.1, 0.15) is 0 Å². The largest absolute Gasteiger partial charge is 0.343 e. The summed E-state index contributed by atoms with van der Waals surface area (Å²) >= 11 is 6.20. The molecule has 2 nitrogen and oxygen atoms in total. The van der Waals surface area contributed by atoms with Gasteiger partial charge in [-0.3, -0.25) is 4.90 Å². The zero-order valence-electron chi connectivity index (χ0n) is 13.4. The van der Waals surface area contributed by atoms with Crippen LogP contribution in [-0.4, -0.2) is 22.6 Å². The molecule has 0 unspecified atom stereocenters. The van der Waals surface area contributed by atoms with Gasteiger partial charge in [0, 0.05) is 35.4 Å². The number of nitrogens with zero attached hydrogens (tertiary/aromatic N) is 2. The second-order valence-electron chi connectivity index (χ2n) is 6.54. The molecule has 118 valence electrons. The SMILES string of the molecule is CN(Cc1ccccc1)[C@@H]1CCc2cc3ccc(Cl)cc3n2C1. The summed E-state index contributed by atoms with van der Waals surface area (Å²) in [6.07, 6.45) is 2.35. The van der Waals surface area contributed by atoms with Crippen LogP contribution in [0.3, 0.4) is 0 Å². The van der Waals surface area contributed by atoms with Crippen LogP contribution in [0.15, 0.2) is 54.6 Å². The highest BCUT2D eigenvalue weighted by molar-refractivity contribution is 6.31. The molecule has 2 aromatic carbocycles. The van der Waals surface area contributed by atoms with E-state index in [0.29, 0.717) is 6.04 Å². The van der Waals surface area contributed by atoms with Crippen molar-refractivity contribution in [2.45, 2.75) is 32.0 Å². The first kappa shape index (κ1) is 14.8. The molecule has 3 heteroatoms. The molecule has 0 bridgehead atoms.